The minimum absolute atomic E-state index is 0.0178. The van der Waals surface area contributed by atoms with Gasteiger partial charge in [0.25, 0.3) is 15.9 Å². The molecule has 0 unspecified atom stereocenters. The van der Waals surface area contributed by atoms with Crippen molar-refractivity contribution < 1.29 is 26.4 Å². The lowest BCUT2D eigenvalue weighted by atomic mass is 10.2. The maximum atomic E-state index is 12.4. The van der Waals surface area contributed by atoms with Crippen LogP contribution in [0.15, 0.2) is 71.9 Å². The van der Waals surface area contributed by atoms with E-state index in [0.29, 0.717) is 11.4 Å². The van der Waals surface area contributed by atoms with E-state index in [9.17, 15) is 21.6 Å². The van der Waals surface area contributed by atoms with Crippen LogP contribution in [0.5, 0.6) is 5.75 Å². The lowest BCUT2D eigenvalue weighted by Gasteiger charge is -2.14. The molecule has 0 aliphatic heterocycles. The average molecular weight is 506 g/mol. The maximum absolute atomic E-state index is 12.4. The predicted molar refractivity (Wildman–Crippen MR) is 126 cm³/mol. The molecular formula is C21H23N5O6S2. The van der Waals surface area contributed by atoms with E-state index in [0.717, 1.165) is 11.8 Å². The Morgan fingerprint density at radius 3 is 2.18 bits per heavy atom. The summed E-state index contributed by atoms with van der Waals surface area (Å²) in [6.07, 6.45) is 3.96. The Balaban J connectivity index is 1.51. The molecule has 0 spiro atoms. The van der Waals surface area contributed by atoms with Crippen molar-refractivity contribution in [1.82, 2.24) is 14.3 Å². The Morgan fingerprint density at radius 1 is 0.971 bits per heavy atom. The molecule has 0 bridgehead atoms. The average Bonchev–Trinajstić information content (AvgIpc) is 2.79. The van der Waals surface area contributed by atoms with Crippen molar-refractivity contribution in [3.8, 4) is 5.75 Å². The number of carbonyl (C=O) groups excluding carboxylic acids is 1. The molecule has 2 aromatic carbocycles. The van der Waals surface area contributed by atoms with Crippen molar-refractivity contribution in [1.29, 1.82) is 0 Å². The van der Waals surface area contributed by atoms with Gasteiger partial charge < -0.3 is 10.1 Å². The second-order valence-electron chi connectivity index (χ2n) is 7.20. The van der Waals surface area contributed by atoms with Crippen LogP contribution in [0.4, 0.5) is 11.6 Å². The van der Waals surface area contributed by atoms with Crippen molar-refractivity contribution >= 4 is 37.6 Å². The van der Waals surface area contributed by atoms with E-state index in [1.807, 2.05) is 0 Å². The first-order valence-corrected chi connectivity index (χ1v) is 13.2. The number of hydrogen-bond donors (Lipinski definition) is 2. The van der Waals surface area contributed by atoms with E-state index in [1.54, 1.807) is 30.3 Å². The van der Waals surface area contributed by atoms with E-state index in [-0.39, 0.29) is 24.0 Å². The van der Waals surface area contributed by atoms with Crippen LogP contribution >= 0.6 is 0 Å². The van der Waals surface area contributed by atoms with Crippen LogP contribution in [0.2, 0.25) is 0 Å². The Hall–Kier alpha value is -3.55. The van der Waals surface area contributed by atoms with Crippen molar-refractivity contribution in [3.63, 3.8) is 0 Å². The molecule has 180 valence electrons. The van der Waals surface area contributed by atoms with E-state index >= 15 is 0 Å². The lowest BCUT2D eigenvalue weighted by Crippen LogP contribution is -2.24. The number of carbonyl (C=O) groups is 1. The number of amides is 1. The zero-order valence-corrected chi connectivity index (χ0v) is 20.0. The molecule has 2 N–H and O–H groups in total. The van der Waals surface area contributed by atoms with E-state index < -0.39 is 26.0 Å². The Bertz CT molecular complexity index is 1330. The monoisotopic (exact) mass is 505 g/mol. The summed E-state index contributed by atoms with van der Waals surface area (Å²) >= 11 is 0. The van der Waals surface area contributed by atoms with Gasteiger partial charge in [-0.1, -0.05) is 12.1 Å². The molecule has 0 saturated carbocycles. The van der Waals surface area contributed by atoms with Gasteiger partial charge in [-0.15, -0.1) is 0 Å². The van der Waals surface area contributed by atoms with E-state index in [2.05, 4.69) is 20.0 Å². The molecule has 0 atom stereocenters. The van der Waals surface area contributed by atoms with Crippen LogP contribution in [0.1, 0.15) is 5.56 Å². The molecule has 3 rings (SSSR count). The smallest absolute Gasteiger partial charge is 0.264 e. The molecule has 11 nitrogen and oxygen atoms in total. The number of nitrogens with one attached hydrogen (secondary N) is 2. The first kappa shape index (κ1) is 25.1. The van der Waals surface area contributed by atoms with Gasteiger partial charge in [0, 0.05) is 31.7 Å². The SMILES string of the molecule is CN(Cc1ccc(OCC(=O)Nc2ccc(S(=O)(=O)Nc3ncccn3)cc2)cc1)S(C)(=O)=O. The quantitative estimate of drug-likeness (QED) is 0.423. The first-order valence-electron chi connectivity index (χ1n) is 9.86. The van der Waals surface area contributed by atoms with Crippen LogP contribution in [0.25, 0.3) is 0 Å². The summed E-state index contributed by atoms with van der Waals surface area (Å²) in [6, 6.07) is 13.8. The highest BCUT2D eigenvalue weighted by molar-refractivity contribution is 7.92. The molecule has 0 aliphatic rings. The minimum Gasteiger partial charge on any atom is -0.484 e. The summed E-state index contributed by atoms with van der Waals surface area (Å²) in [5.74, 6) is -0.0451. The highest BCUT2D eigenvalue weighted by Crippen LogP contribution is 2.17. The fourth-order valence-corrected chi connectivity index (χ4v) is 4.00. The molecule has 13 heteroatoms. The van der Waals surface area contributed by atoms with Crippen molar-refractivity contribution in [2.75, 3.05) is 29.9 Å². The first-order chi connectivity index (χ1) is 16.0. The summed E-state index contributed by atoms with van der Waals surface area (Å²) in [7, 11) is -5.67. The summed E-state index contributed by atoms with van der Waals surface area (Å²) < 4.78 is 56.7. The van der Waals surface area contributed by atoms with Crippen LogP contribution in [0, 0.1) is 0 Å². The highest BCUT2D eigenvalue weighted by atomic mass is 32.2. The van der Waals surface area contributed by atoms with Gasteiger partial charge in [-0.25, -0.2) is 35.8 Å². The zero-order valence-electron chi connectivity index (χ0n) is 18.4. The molecule has 1 heterocycles. The van der Waals surface area contributed by atoms with Crippen molar-refractivity contribution in [3.05, 3.63) is 72.6 Å². The maximum Gasteiger partial charge on any atom is 0.264 e. The van der Waals surface area contributed by atoms with Crippen molar-refractivity contribution in [2.24, 2.45) is 0 Å². The lowest BCUT2D eigenvalue weighted by molar-refractivity contribution is -0.118. The van der Waals surface area contributed by atoms with Gasteiger partial charge in [0.15, 0.2) is 6.61 Å². The number of sulfonamides is 2. The van der Waals surface area contributed by atoms with Crippen LogP contribution < -0.4 is 14.8 Å². The summed E-state index contributed by atoms with van der Waals surface area (Å²) in [4.78, 5) is 19.8. The number of ether oxygens (including phenoxy) is 1. The van der Waals surface area contributed by atoms with Gasteiger partial charge in [-0.05, 0) is 48.0 Å². The third-order valence-electron chi connectivity index (χ3n) is 4.50. The standard InChI is InChI=1S/C21H23N5O6S2/c1-26(33(2,28)29)14-16-4-8-18(9-5-16)32-15-20(27)24-17-6-10-19(11-7-17)34(30,31)25-21-22-12-3-13-23-21/h3-13H,14-15H2,1-2H3,(H,24,27)(H,22,23,25). The zero-order chi connectivity index (χ0) is 24.8. The molecule has 3 aromatic rings. The van der Waals surface area contributed by atoms with Crippen molar-refractivity contribution in [2.45, 2.75) is 11.4 Å². The number of anilines is 2. The van der Waals surface area contributed by atoms with Crippen LogP contribution in [0.3, 0.4) is 0 Å². The number of nitrogens with zero attached hydrogens (tertiary/aromatic N) is 3. The molecular weight excluding hydrogens is 482 g/mol. The number of rotatable bonds is 10. The van der Waals surface area contributed by atoms with Gasteiger partial charge in [-0.2, -0.15) is 0 Å². The molecule has 0 radical (unpaired) electrons. The molecule has 1 amide bonds. The summed E-state index contributed by atoms with van der Waals surface area (Å²) in [5, 5.41) is 2.62. The van der Waals surface area contributed by atoms with Crippen LogP contribution in [-0.2, 0) is 31.4 Å². The summed E-state index contributed by atoms with van der Waals surface area (Å²) in [6.45, 7) is -0.0469. The van der Waals surface area contributed by atoms with Gasteiger partial charge >= 0.3 is 0 Å². The minimum atomic E-state index is -3.87. The van der Waals surface area contributed by atoms with E-state index in [1.165, 1.54) is 48.0 Å². The van der Waals surface area contributed by atoms with Gasteiger partial charge in [-0.3, -0.25) is 4.79 Å². The predicted octanol–water partition coefficient (Wildman–Crippen LogP) is 1.69. The fraction of sp³-hybridized carbons (Fsp3) is 0.190. The number of aromatic nitrogens is 2. The summed E-state index contributed by atoms with van der Waals surface area (Å²) in [5.41, 5.74) is 1.16. The number of hydrogen-bond acceptors (Lipinski definition) is 8. The molecule has 1 aromatic heterocycles. The van der Waals surface area contributed by atoms with Crippen LogP contribution in [-0.4, -0.2) is 56.9 Å². The van der Waals surface area contributed by atoms with Gasteiger partial charge in [0.1, 0.15) is 5.75 Å². The largest absolute Gasteiger partial charge is 0.484 e. The Labute approximate surface area is 197 Å². The fourth-order valence-electron chi connectivity index (χ4n) is 2.66. The second-order valence-corrected chi connectivity index (χ2v) is 11.0. The highest BCUT2D eigenvalue weighted by Gasteiger charge is 2.16. The Kier molecular flexibility index (Phi) is 7.81. The molecule has 0 aliphatic carbocycles. The molecule has 34 heavy (non-hydrogen) atoms. The number of benzene rings is 2. The molecule has 0 saturated heterocycles. The normalized spacial score (nSPS) is 11.7. The topological polar surface area (TPSA) is 148 Å². The van der Waals surface area contributed by atoms with E-state index in [4.69, 9.17) is 4.74 Å². The van der Waals surface area contributed by atoms with Gasteiger partial charge in [0.05, 0.1) is 11.2 Å². The molecule has 0 fully saturated rings. The second kappa shape index (κ2) is 10.6. The van der Waals surface area contributed by atoms with Gasteiger partial charge in [0.2, 0.25) is 16.0 Å². The Morgan fingerprint density at radius 2 is 1.59 bits per heavy atom. The third-order valence-corrected chi connectivity index (χ3v) is 7.11. The third kappa shape index (κ3) is 7.23.